The van der Waals surface area contributed by atoms with Crippen molar-refractivity contribution in [2.45, 2.75) is 13.5 Å². The van der Waals surface area contributed by atoms with E-state index in [1.54, 1.807) is 0 Å². The van der Waals surface area contributed by atoms with Crippen molar-refractivity contribution in [3.63, 3.8) is 0 Å². The van der Waals surface area contributed by atoms with Crippen LogP contribution in [0.3, 0.4) is 0 Å². The summed E-state index contributed by atoms with van der Waals surface area (Å²) in [7, 11) is 0. The minimum Gasteiger partial charge on any atom is -0.487 e. The van der Waals surface area contributed by atoms with Gasteiger partial charge >= 0.3 is 0 Å². The highest BCUT2D eigenvalue weighted by Gasteiger charge is 2.09. The van der Waals surface area contributed by atoms with Gasteiger partial charge in [-0.1, -0.05) is 64.0 Å². The van der Waals surface area contributed by atoms with Crippen molar-refractivity contribution in [3.05, 3.63) is 92.4 Å². The van der Waals surface area contributed by atoms with Gasteiger partial charge in [0.05, 0.1) is 10.2 Å². The number of nitrogens with zero attached hydrogens (tertiary/aromatic N) is 1. The Morgan fingerprint density at radius 2 is 1.68 bits per heavy atom. The zero-order valence-electron chi connectivity index (χ0n) is 13.7. The number of hydrogen-bond donors (Lipinski definition) is 0. The zero-order valence-corrected chi connectivity index (χ0v) is 16.9. The molecular formula is C21H17Br2NO. The van der Waals surface area contributed by atoms with Crippen LogP contribution in [0.15, 0.2) is 80.7 Å². The first kappa shape index (κ1) is 17.9. The van der Waals surface area contributed by atoms with E-state index >= 15 is 0 Å². The Morgan fingerprint density at radius 3 is 2.40 bits per heavy atom. The lowest BCUT2D eigenvalue weighted by atomic mass is 10.1. The normalized spacial score (nSPS) is 11.0. The molecule has 0 heterocycles. The number of ether oxygens (including phenoxy) is 1. The average molecular weight is 459 g/mol. The number of rotatable bonds is 5. The maximum atomic E-state index is 6.08. The molecule has 0 aliphatic heterocycles. The van der Waals surface area contributed by atoms with Crippen molar-refractivity contribution >= 4 is 43.8 Å². The van der Waals surface area contributed by atoms with Gasteiger partial charge in [0.1, 0.15) is 12.4 Å². The summed E-state index contributed by atoms with van der Waals surface area (Å²) in [6.07, 6.45) is 1.83. The van der Waals surface area contributed by atoms with E-state index in [1.807, 2.05) is 48.7 Å². The second-order valence-electron chi connectivity index (χ2n) is 5.67. The predicted molar refractivity (Wildman–Crippen MR) is 111 cm³/mol. The monoisotopic (exact) mass is 457 g/mol. The number of halogens is 2. The quantitative estimate of drug-likeness (QED) is 0.383. The maximum absolute atomic E-state index is 6.08. The molecule has 3 rings (SSSR count). The van der Waals surface area contributed by atoms with Gasteiger partial charge < -0.3 is 4.74 Å². The number of hydrogen-bond acceptors (Lipinski definition) is 2. The van der Waals surface area contributed by atoms with Crippen molar-refractivity contribution in [3.8, 4) is 5.75 Å². The molecule has 3 aromatic rings. The van der Waals surface area contributed by atoms with Crippen LogP contribution in [0.4, 0.5) is 5.69 Å². The molecule has 0 spiro atoms. The Balaban J connectivity index is 1.84. The third-order valence-electron chi connectivity index (χ3n) is 3.65. The van der Waals surface area contributed by atoms with Crippen LogP contribution >= 0.6 is 31.9 Å². The van der Waals surface area contributed by atoms with Crippen molar-refractivity contribution < 1.29 is 4.74 Å². The smallest absolute Gasteiger partial charge is 0.142 e. The number of benzene rings is 3. The summed E-state index contributed by atoms with van der Waals surface area (Å²) >= 11 is 7.12. The molecule has 0 aromatic heterocycles. The molecule has 25 heavy (non-hydrogen) atoms. The van der Waals surface area contributed by atoms with E-state index in [2.05, 4.69) is 68.0 Å². The summed E-state index contributed by atoms with van der Waals surface area (Å²) in [5.74, 6) is 0.781. The van der Waals surface area contributed by atoms with E-state index in [9.17, 15) is 0 Å². The standard InChI is InChI=1S/C21H17Br2NO/c1-15-7-9-16(10-8-15)14-25-21-17(11-18(22)12-20(21)23)13-24-19-5-3-2-4-6-19/h2-13H,14H2,1H3. The first-order valence-electron chi connectivity index (χ1n) is 7.88. The van der Waals surface area contributed by atoms with Gasteiger partial charge in [0.25, 0.3) is 0 Å². The second kappa shape index (κ2) is 8.45. The van der Waals surface area contributed by atoms with Gasteiger partial charge in [0.2, 0.25) is 0 Å². The summed E-state index contributed by atoms with van der Waals surface area (Å²) in [5.41, 5.74) is 4.19. The first-order chi connectivity index (χ1) is 12.1. The molecule has 0 fully saturated rings. The van der Waals surface area contributed by atoms with Crippen LogP contribution in [-0.4, -0.2) is 6.21 Å². The minimum atomic E-state index is 0.507. The molecular weight excluding hydrogens is 442 g/mol. The third-order valence-corrected chi connectivity index (χ3v) is 4.70. The van der Waals surface area contributed by atoms with Crippen molar-refractivity contribution in [1.29, 1.82) is 0 Å². The van der Waals surface area contributed by atoms with Crippen molar-refractivity contribution in [1.82, 2.24) is 0 Å². The minimum absolute atomic E-state index is 0.507. The Hall–Kier alpha value is -1.91. The van der Waals surface area contributed by atoms with Gasteiger partial charge in [0, 0.05) is 16.3 Å². The molecule has 2 nitrogen and oxygen atoms in total. The molecule has 0 bridgehead atoms. The molecule has 0 N–H and O–H groups in total. The van der Waals surface area contributed by atoms with Gasteiger partial charge in [-0.2, -0.15) is 0 Å². The van der Waals surface area contributed by atoms with E-state index in [-0.39, 0.29) is 0 Å². The Kier molecular flexibility index (Phi) is 6.05. The molecule has 0 aliphatic rings. The van der Waals surface area contributed by atoms with Crippen LogP contribution in [0.2, 0.25) is 0 Å². The van der Waals surface area contributed by atoms with Crippen LogP contribution in [0.5, 0.6) is 5.75 Å². The van der Waals surface area contributed by atoms with E-state index in [4.69, 9.17) is 4.74 Å². The first-order valence-corrected chi connectivity index (χ1v) is 9.47. The van der Waals surface area contributed by atoms with Crippen LogP contribution in [0.1, 0.15) is 16.7 Å². The van der Waals surface area contributed by atoms with Gasteiger partial charge in [-0.05, 0) is 52.7 Å². The molecule has 3 aromatic carbocycles. The van der Waals surface area contributed by atoms with E-state index in [1.165, 1.54) is 5.56 Å². The van der Waals surface area contributed by atoms with Crippen molar-refractivity contribution in [2.24, 2.45) is 4.99 Å². The number of aryl methyl sites for hydroxylation is 1. The number of para-hydroxylation sites is 1. The molecule has 0 aliphatic carbocycles. The molecule has 0 radical (unpaired) electrons. The molecule has 4 heteroatoms. The summed E-state index contributed by atoms with van der Waals surface area (Å²) in [6, 6.07) is 22.2. The summed E-state index contributed by atoms with van der Waals surface area (Å²) in [6.45, 7) is 2.58. The summed E-state index contributed by atoms with van der Waals surface area (Å²) < 4.78 is 7.94. The van der Waals surface area contributed by atoms with E-state index < -0.39 is 0 Å². The number of aliphatic imine (C=N–C) groups is 1. The fraction of sp³-hybridized carbons (Fsp3) is 0.0952. The van der Waals surface area contributed by atoms with Gasteiger partial charge in [-0.3, -0.25) is 4.99 Å². The lowest BCUT2D eigenvalue weighted by Gasteiger charge is -2.12. The lowest BCUT2D eigenvalue weighted by molar-refractivity contribution is 0.304. The van der Waals surface area contributed by atoms with E-state index in [0.29, 0.717) is 6.61 Å². The second-order valence-corrected chi connectivity index (χ2v) is 7.44. The van der Waals surface area contributed by atoms with Gasteiger partial charge in [0.15, 0.2) is 0 Å². The fourth-order valence-electron chi connectivity index (χ4n) is 2.33. The van der Waals surface area contributed by atoms with Crippen molar-refractivity contribution in [2.75, 3.05) is 0 Å². The molecule has 0 amide bonds. The average Bonchev–Trinajstić information content (AvgIpc) is 2.61. The lowest BCUT2D eigenvalue weighted by Crippen LogP contribution is -1.99. The summed E-state index contributed by atoms with van der Waals surface area (Å²) in [4.78, 5) is 4.54. The molecule has 126 valence electrons. The highest BCUT2D eigenvalue weighted by atomic mass is 79.9. The highest BCUT2D eigenvalue weighted by Crippen LogP contribution is 2.33. The zero-order chi connectivity index (χ0) is 17.6. The maximum Gasteiger partial charge on any atom is 0.142 e. The third kappa shape index (κ3) is 5.03. The van der Waals surface area contributed by atoms with Gasteiger partial charge in [-0.25, -0.2) is 0 Å². The SMILES string of the molecule is Cc1ccc(COc2c(Br)cc(Br)cc2C=Nc2ccccc2)cc1. The fourth-order valence-corrected chi connectivity index (χ4v) is 3.70. The topological polar surface area (TPSA) is 21.6 Å². The molecule has 0 unspecified atom stereocenters. The Bertz CT molecular complexity index is 874. The largest absolute Gasteiger partial charge is 0.487 e. The van der Waals surface area contributed by atoms with Crippen LogP contribution in [-0.2, 0) is 6.61 Å². The van der Waals surface area contributed by atoms with Crippen LogP contribution in [0.25, 0.3) is 0 Å². The Morgan fingerprint density at radius 1 is 0.960 bits per heavy atom. The Labute approximate surface area is 164 Å². The summed E-state index contributed by atoms with van der Waals surface area (Å²) in [5, 5.41) is 0. The van der Waals surface area contributed by atoms with Crippen LogP contribution < -0.4 is 4.74 Å². The molecule has 0 saturated heterocycles. The van der Waals surface area contributed by atoms with E-state index in [0.717, 1.165) is 31.5 Å². The molecule has 0 atom stereocenters. The van der Waals surface area contributed by atoms with Crippen LogP contribution in [0, 0.1) is 6.92 Å². The predicted octanol–water partition coefficient (Wildman–Crippen LogP) is 6.85. The highest BCUT2D eigenvalue weighted by molar-refractivity contribution is 9.11. The van der Waals surface area contributed by atoms with Gasteiger partial charge in [-0.15, -0.1) is 0 Å². The molecule has 0 saturated carbocycles.